The van der Waals surface area contributed by atoms with Crippen LogP contribution < -0.4 is 9.47 Å². The summed E-state index contributed by atoms with van der Waals surface area (Å²) in [5.41, 5.74) is 0.131. The van der Waals surface area contributed by atoms with Crippen LogP contribution in [0.4, 0.5) is 0 Å². The SMILES string of the molecule is COc1ccc(C(=O)Sc2nnc(COc3ccccc3)o2)c(O)c1. The smallest absolute Gasteiger partial charge is 0.284 e. The first-order chi connectivity index (χ1) is 12.2. The molecule has 1 aromatic heterocycles. The molecule has 3 rings (SSSR count). The predicted octanol–water partition coefficient (Wildman–Crippen LogP) is 3.30. The molecule has 8 heteroatoms. The van der Waals surface area contributed by atoms with Gasteiger partial charge in [0.2, 0.25) is 5.12 Å². The Labute approximate surface area is 147 Å². The Bertz CT molecular complexity index is 866. The molecule has 0 saturated heterocycles. The zero-order valence-corrected chi connectivity index (χ0v) is 14.0. The fraction of sp³-hybridized carbons (Fsp3) is 0.118. The summed E-state index contributed by atoms with van der Waals surface area (Å²) in [6.07, 6.45) is 0. The Kier molecular flexibility index (Phi) is 5.20. The number of aromatic hydroxyl groups is 1. The molecule has 0 saturated carbocycles. The number of para-hydroxylation sites is 1. The molecule has 0 fully saturated rings. The standard InChI is InChI=1S/C17H14N2O5S/c1-22-12-7-8-13(14(20)9-12)16(21)25-17-19-18-15(24-17)10-23-11-5-3-2-4-6-11/h2-9,20H,10H2,1H3. The van der Waals surface area contributed by atoms with Crippen molar-refractivity contribution in [1.82, 2.24) is 10.2 Å². The third kappa shape index (κ3) is 4.30. The van der Waals surface area contributed by atoms with Gasteiger partial charge in [-0.25, -0.2) is 0 Å². The molecule has 25 heavy (non-hydrogen) atoms. The Morgan fingerprint density at radius 1 is 1.16 bits per heavy atom. The van der Waals surface area contributed by atoms with Crippen LogP contribution in [0.15, 0.2) is 58.2 Å². The van der Waals surface area contributed by atoms with Crippen LogP contribution in [0.3, 0.4) is 0 Å². The summed E-state index contributed by atoms with van der Waals surface area (Å²) >= 11 is 0.731. The summed E-state index contributed by atoms with van der Waals surface area (Å²) in [7, 11) is 1.47. The predicted molar refractivity (Wildman–Crippen MR) is 89.9 cm³/mol. The summed E-state index contributed by atoms with van der Waals surface area (Å²) in [6.45, 7) is 0.0968. The first-order valence-corrected chi connectivity index (χ1v) is 8.07. The van der Waals surface area contributed by atoms with Crippen molar-refractivity contribution in [3.05, 3.63) is 60.0 Å². The molecule has 1 heterocycles. The number of nitrogens with zero attached hydrogens (tertiary/aromatic N) is 2. The number of thioether (sulfide) groups is 1. The van der Waals surface area contributed by atoms with Crippen molar-refractivity contribution in [2.75, 3.05) is 7.11 Å². The number of rotatable bonds is 6. The molecule has 0 aliphatic heterocycles. The van der Waals surface area contributed by atoms with Crippen LogP contribution in [-0.2, 0) is 6.61 Å². The van der Waals surface area contributed by atoms with E-state index >= 15 is 0 Å². The van der Waals surface area contributed by atoms with Gasteiger partial charge in [0.25, 0.3) is 11.1 Å². The van der Waals surface area contributed by atoms with E-state index in [0.717, 1.165) is 11.8 Å². The van der Waals surface area contributed by atoms with E-state index in [4.69, 9.17) is 13.9 Å². The van der Waals surface area contributed by atoms with Crippen molar-refractivity contribution in [3.63, 3.8) is 0 Å². The summed E-state index contributed by atoms with van der Waals surface area (Å²) in [6, 6.07) is 13.6. The van der Waals surface area contributed by atoms with E-state index in [2.05, 4.69) is 10.2 Å². The van der Waals surface area contributed by atoms with Gasteiger partial charge in [-0.1, -0.05) is 18.2 Å². The molecule has 0 aliphatic carbocycles. The van der Waals surface area contributed by atoms with Crippen LogP contribution in [0.25, 0.3) is 0 Å². The first kappa shape index (κ1) is 16.8. The van der Waals surface area contributed by atoms with Crippen molar-refractivity contribution >= 4 is 16.9 Å². The number of hydrogen-bond acceptors (Lipinski definition) is 8. The topological polar surface area (TPSA) is 94.7 Å². The van der Waals surface area contributed by atoms with E-state index in [-0.39, 0.29) is 29.0 Å². The fourth-order valence-electron chi connectivity index (χ4n) is 1.94. The fourth-order valence-corrected chi connectivity index (χ4v) is 2.61. The summed E-state index contributed by atoms with van der Waals surface area (Å²) in [4.78, 5) is 12.2. The van der Waals surface area contributed by atoms with Gasteiger partial charge < -0.3 is 19.0 Å². The maximum absolute atomic E-state index is 12.2. The Hall–Kier alpha value is -3.00. The van der Waals surface area contributed by atoms with Gasteiger partial charge >= 0.3 is 0 Å². The molecule has 0 radical (unpaired) electrons. The highest BCUT2D eigenvalue weighted by atomic mass is 32.2. The van der Waals surface area contributed by atoms with E-state index in [1.807, 2.05) is 30.3 Å². The largest absolute Gasteiger partial charge is 0.507 e. The van der Waals surface area contributed by atoms with E-state index in [1.165, 1.54) is 19.2 Å². The van der Waals surface area contributed by atoms with Gasteiger partial charge in [0.05, 0.1) is 12.7 Å². The maximum Gasteiger partial charge on any atom is 0.284 e. The number of ether oxygens (including phenoxy) is 2. The molecule has 3 aromatic rings. The third-order valence-corrected chi connectivity index (χ3v) is 3.90. The Balaban J connectivity index is 1.62. The van der Waals surface area contributed by atoms with Gasteiger partial charge in [-0.15, -0.1) is 10.2 Å². The molecule has 0 aliphatic rings. The summed E-state index contributed by atoms with van der Waals surface area (Å²) in [5.74, 6) is 1.20. The number of carbonyl (C=O) groups excluding carboxylic acids is 1. The van der Waals surface area contributed by atoms with E-state index < -0.39 is 5.12 Å². The molecule has 0 bridgehead atoms. The molecule has 0 spiro atoms. The minimum atomic E-state index is -0.417. The molecule has 0 amide bonds. The second-order valence-corrected chi connectivity index (χ2v) is 5.76. The van der Waals surface area contributed by atoms with E-state index in [9.17, 15) is 9.90 Å². The van der Waals surface area contributed by atoms with Crippen molar-refractivity contribution in [1.29, 1.82) is 0 Å². The van der Waals surface area contributed by atoms with Crippen molar-refractivity contribution in [3.8, 4) is 17.2 Å². The summed E-state index contributed by atoms with van der Waals surface area (Å²) < 4.78 is 15.8. The number of aromatic nitrogens is 2. The lowest BCUT2D eigenvalue weighted by molar-refractivity contribution is 0.108. The van der Waals surface area contributed by atoms with E-state index in [0.29, 0.717) is 11.5 Å². The highest BCUT2D eigenvalue weighted by molar-refractivity contribution is 8.14. The molecular formula is C17H14N2O5S. The van der Waals surface area contributed by atoms with Gasteiger partial charge in [-0.2, -0.15) is 0 Å². The van der Waals surface area contributed by atoms with Gasteiger partial charge in [0, 0.05) is 17.8 Å². The number of benzene rings is 2. The third-order valence-electron chi connectivity index (χ3n) is 3.16. The number of carbonyl (C=O) groups is 1. The lowest BCUT2D eigenvalue weighted by Crippen LogP contribution is -1.95. The van der Waals surface area contributed by atoms with Crippen LogP contribution in [0.1, 0.15) is 16.2 Å². The van der Waals surface area contributed by atoms with Crippen LogP contribution >= 0.6 is 11.8 Å². The molecule has 0 atom stereocenters. The average molecular weight is 358 g/mol. The molecule has 2 aromatic carbocycles. The second kappa shape index (κ2) is 7.71. The molecule has 128 valence electrons. The zero-order valence-electron chi connectivity index (χ0n) is 13.2. The Morgan fingerprint density at radius 2 is 1.96 bits per heavy atom. The quantitative estimate of drug-likeness (QED) is 0.671. The van der Waals surface area contributed by atoms with E-state index in [1.54, 1.807) is 6.07 Å². The van der Waals surface area contributed by atoms with Gasteiger partial charge in [0.15, 0.2) is 6.61 Å². The number of methoxy groups -OCH3 is 1. The number of phenols is 1. The maximum atomic E-state index is 12.2. The molecule has 1 N–H and O–H groups in total. The zero-order chi connectivity index (χ0) is 17.6. The molecule has 7 nitrogen and oxygen atoms in total. The van der Waals surface area contributed by atoms with Crippen molar-refractivity contribution in [2.45, 2.75) is 11.8 Å². The highest BCUT2D eigenvalue weighted by Gasteiger charge is 2.18. The van der Waals surface area contributed by atoms with Gasteiger partial charge in [0.1, 0.15) is 17.2 Å². The lowest BCUT2D eigenvalue weighted by Gasteiger charge is -2.04. The van der Waals surface area contributed by atoms with Crippen LogP contribution in [-0.4, -0.2) is 27.5 Å². The van der Waals surface area contributed by atoms with Crippen molar-refractivity contribution in [2.24, 2.45) is 0 Å². The normalized spacial score (nSPS) is 10.4. The second-order valence-electron chi connectivity index (χ2n) is 4.84. The van der Waals surface area contributed by atoms with Crippen molar-refractivity contribution < 1.29 is 23.8 Å². The lowest BCUT2D eigenvalue weighted by atomic mass is 10.2. The Morgan fingerprint density at radius 3 is 2.68 bits per heavy atom. The monoisotopic (exact) mass is 358 g/mol. The average Bonchev–Trinajstić information content (AvgIpc) is 3.08. The minimum Gasteiger partial charge on any atom is -0.507 e. The van der Waals surface area contributed by atoms with Crippen LogP contribution in [0, 0.1) is 0 Å². The van der Waals surface area contributed by atoms with Gasteiger partial charge in [-0.3, -0.25) is 4.79 Å². The number of hydrogen-bond donors (Lipinski definition) is 1. The van der Waals surface area contributed by atoms with Crippen LogP contribution in [0.2, 0.25) is 0 Å². The minimum absolute atomic E-state index is 0.0758. The highest BCUT2D eigenvalue weighted by Crippen LogP contribution is 2.29. The summed E-state index contributed by atoms with van der Waals surface area (Å²) in [5, 5.41) is 17.2. The molecular weight excluding hydrogens is 344 g/mol. The van der Waals surface area contributed by atoms with Crippen LogP contribution in [0.5, 0.6) is 17.2 Å². The van der Waals surface area contributed by atoms with Gasteiger partial charge in [-0.05, 0) is 24.3 Å². The molecule has 0 unspecified atom stereocenters. The first-order valence-electron chi connectivity index (χ1n) is 7.25. The number of phenolic OH excluding ortho intramolecular Hbond substituents is 1.